The highest BCUT2D eigenvalue weighted by Gasteiger charge is 2.42. The van der Waals surface area contributed by atoms with Crippen molar-refractivity contribution in [2.45, 2.75) is 46.1 Å². The highest BCUT2D eigenvalue weighted by atomic mass is 16.5. The number of ether oxygens (including phenoxy) is 2. The van der Waals surface area contributed by atoms with Gasteiger partial charge in [-0.15, -0.1) is 0 Å². The Labute approximate surface area is 187 Å². The van der Waals surface area contributed by atoms with Gasteiger partial charge in [0, 0.05) is 6.54 Å². The Kier molecular flexibility index (Phi) is 5.96. The maximum Gasteiger partial charge on any atom is 0.290 e. The second kappa shape index (κ2) is 8.69. The second-order valence-corrected chi connectivity index (χ2v) is 8.36. The number of nitrogens with zero attached hydrogens (tertiary/aromatic N) is 1. The van der Waals surface area contributed by atoms with Crippen LogP contribution in [0.15, 0.2) is 39.5 Å². The van der Waals surface area contributed by atoms with E-state index in [0.29, 0.717) is 34.6 Å². The maximum absolute atomic E-state index is 13.7. The van der Waals surface area contributed by atoms with Crippen LogP contribution in [0.25, 0.3) is 11.0 Å². The van der Waals surface area contributed by atoms with Gasteiger partial charge in [-0.2, -0.15) is 0 Å². The smallest absolute Gasteiger partial charge is 0.290 e. The monoisotopic (exact) mass is 435 g/mol. The minimum atomic E-state index is -0.532. The van der Waals surface area contributed by atoms with E-state index in [0.717, 1.165) is 36.0 Å². The molecule has 2 heterocycles. The molecule has 6 nitrogen and oxygen atoms in total. The third-order valence-corrected chi connectivity index (χ3v) is 6.12. The SMILES string of the molecule is CCCCCN1C(=O)c2oc3c(C)cc(C)cc3c(=O)c2C1c1ccc(OC)c(OC)c1. The number of carbonyl (C=O) groups excluding carboxylic acids is 1. The van der Waals surface area contributed by atoms with Crippen LogP contribution < -0.4 is 14.9 Å². The van der Waals surface area contributed by atoms with Crippen molar-refractivity contribution in [2.75, 3.05) is 20.8 Å². The lowest BCUT2D eigenvalue weighted by molar-refractivity contribution is 0.0724. The van der Waals surface area contributed by atoms with Gasteiger partial charge >= 0.3 is 0 Å². The zero-order valence-electron chi connectivity index (χ0n) is 19.3. The summed E-state index contributed by atoms with van der Waals surface area (Å²) in [6.45, 7) is 6.51. The first-order valence-corrected chi connectivity index (χ1v) is 11.0. The van der Waals surface area contributed by atoms with Crippen LogP contribution in [0.1, 0.15) is 65.0 Å². The van der Waals surface area contributed by atoms with Crippen molar-refractivity contribution < 1.29 is 18.7 Å². The average Bonchev–Trinajstić information content (AvgIpc) is 3.06. The zero-order chi connectivity index (χ0) is 23.0. The van der Waals surface area contributed by atoms with Crippen molar-refractivity contribution in [3.8, 4) is 11.5 Å². The number of amides is 1. The molecule has 0 bridgehead atoms. The Bertz CT molecular complexity index is 1240. The Morgan fingerprint density at radius 3 is 2.44 bits per heavy atom. The van der Waals surface area contributed by atoms with E-state index in [1.807, 2.05) is 38.1 Å². The molecule has 1 amide bonds. The van der Waals surface area contributed by atoms with Crippen molar-refractivity contribution in [3.05, 3.63) is 68.6 Å². The molecule has 0 aliphatic carbocycles. The number of hydrogen-bond acceptors (Lipinski definition) is 5. The standard InChI is InChI=1S/C26H29NO5/c1-6-7-8-11-27-22(17-9-10-19(30-4)20(14-17)31-5)21-23(28)18-13-15(2)12-16(3)24(18)32-25(21)26(27)29/h9-10,12-14,22H,6-8,11H2,1-5H3. The van der Waals surface area contributed by atoms with Crippen LogP contribution >= 0.6 is 0 Å². The molecule has 1 aromatic heterocycles. The lowest BCUT2D eigenvalue weighted by atomic mass is 9.97. The van der Waals surface area contributed by atoms with Crippen LogP contribution in [0.4, 0.5) is 0 Å². The van der Waals surface area contributed by atoms with Crippen LogP contribution in [0.5, 0.6) is 11.5 Å². The van der Waals surface area contributed by atoms with Crippen LogP contribution in [0, 0.1) is 13.8 Å². The molecule has 1 aliphatic rings. The predicted octanol–water partition coefficient (Wildman–Crippen LogP) is 5.16. The van der Waals surface area contributed by atoms with Crippen molar-refractivity contribution in [3.63, 3.8) is 0 Å². The first kappa shape index (κ1) is 21.9. The number of carbonyl (C=O) groups is 1. The van der Waals surface area contributed by atoms with E-state index in [9.17, 15) is 9.59 Å². The van der Waals surface area contributed by atoms with E-state index in [-0.39, 0.29) is 17.1 Å². The number of fused-ring (bicyclic) bond motifs is 2. The highest BCUT2D eigenvalue weighted by molar-refractivity contribution is 5.99. The molecule has 0 saturated heterocycles. The van der Waals surface area contributed by atoms with Gasteiger partial charge in [0.15, 0.2) is 16.9 Å². The van der Waals surface area contributed by atoms with Gasteiger partial charge in [-0.3, -0.25) is 9.59 Å². The van der Waals surface area contributed by atoms with Gasteiger partial charge in [0.1, 0.15) is 5.58 Å². The summed E-state index contributed by atoms with van der Waals surface area (Å²) in [4.78, 5) is 28.9. The van der Waals surface area contributed by atoms with E-state index < -0.39 is 6.04 Å². The van der Waals surface area contributed by atoms with Gasteiger partial charge in [-0.1, -0.05) is 31.9 Å². The molecule has 4 rings (SSSR count). The van der Waals surface area contributed by atoms with Crippen LogP contribution in [0.2, 0.25) is 0 Å². The molecule has 0 saturated carbocycles. The lowest BCUT2D eigenvalue weighted by Gasteiger charge is -2.25. The summed E-state index contributed by atoms with van der Waals surface area (Å²) in [6.07, 6.45) is 2.89. The van der Waals surface area contributed by atoms with E-state index in [1.54, 1.807) is 25.2 Å². The van der Waals surface area contributed by atoms with Gasteiger partial charge in [0.05, 0.1) is 31.2 Å². The molecular formula is C26H29NO5. The summed E-state index contributed by atoms with van der Waals surface area (Å²) in [5.74, 6) is 1.05. The van der Waals surface area contributed by atoms with Gasteiger partial charge in [0.2, 0.25) is 5.76 Å². The van der Waals surface area contributed by atoms with Gasteiger partial charge in [-0.05, 0) is 55.2 Å². The number of methoxy groups -OCH3 is 2. The lowest BCUT2D eigenvalue weighted by Crippen LogP contribution is -2.30. The molecule has 0 N–H and O–H groups in total. The largest absolute Gasteiger partial charge is 0.493 e. The zero-order valence-corrected chi connectivity index (χ0v) is 19.3. The Balaban J connectivity index is 1.95. The molecule has 0 fully saturated rings. The molecule has 1 aliphatic heterocycles. The van der Waals surface area contributed by atoms with Crippen LogP contribution in [0.3, 0.4) is 0 Å². The fourth-order valence-corrected chi connectivity index (χ4v) is 4.61. The molecule has 1 unspecified atom stereocenters. The highest BCUT2D eigenvalue weighted by Crippen LogP contribution is 2.41. The summed E-state index contributed by atoms with van der Waals surface area (Å²) in [5.41, 5.74) is 3.35. The first-order chi connectivity index (χ1) is 15.4. The fourth-order valence-electron chi connectivity index (χ4n) is 4.61. The van der Waals surface area contributed by atoms with Crippen molar-refractivity contribution in [1.82, 2.24) is 4.90 Å². The van der Waals surface area contributed by atoms with Crippen molar-refractivity contribution in [1.29, 1.82) is 0 Å². The normalized spacial score (nSPS) is 15.3. The Morgan fingerprint density at radius 2 is 1.75 bits per heavy atom. The Morgan fingerprint density at radius 1 is 1.00 bits per heavy atom. The number of unbranched alkanes of at least 4 members (excludes halogenated alkanes) is 2. The molecule has 32 heavy (non-hydrogen) atoms. The predicted molar refractivity (Wildman–Crippen MR) is 124 cm³/mol. The third kappa shape index (κ3) is 3.53. The fraction of sp³-hybridized carbons (Fsp3) is 0.385. The van der Waals surface area contributed by atoms with E-state index in [4.69, 9.17) is 13.9 Å². The third-order valence-electron chi connectivity index (χ3n) is 6.12. The van der Waals surface area contributed by atoms with Crippen LogP contribution in [-0.4, -0.2) is 31.6 Å². The van der Waals surface area contributed by atoms with Crippen molar-refractivity contribution in [2.24, 2.45) is 0 Å². The van der Waals surface area contributed by atoms with E-state index in [2.05, 4.69) is 6.92 Å². The molecule has 0 radical (unpaired) electrons. The number of hydrogen-bond donors (Lipinski definition) is 0. The topological polar surface area (TPSA) is 69.0 Å². The molecular weight excluding hydrogens is 406 g/mol. The average molecular weight is 436 g/mol. The maximum atomic E-state index is 13.7. The van der Waals surface area contributed by atoms with Gasteiger partial charge in [-0.25, -0.2) is 0 Å². The second-order valence-electron chi connectivity index (χ2n) is 8.36. The van der Waals surface area contributed by atoms with Gasteiger partial charge < -0.3 is 18.8 Å². The summed E-state index contributed by atoms with van der Waals surface area (Å²) in [5, 5.41) is 0.509. The molecule has 0 spiro atoms. The number of rotatable bonds is 7. The van der Waals surface area contributed by atoms with E-state index >= 15 is 0 Å². The van der Waals surface area contributed by atoms with Gasteiger partial charge in [0.25, 0.3) is 5.91 Å². The summed E-state index contributed by atoms with van der Waals surface area (Å²) >= 11 is 0. The molecule has 6 heteroatoms. The minimum Gasteiger partial charge on any atom is -0.493 e. The molecule has 168 valence electrons. The van der Waals surface area contributed by atoms with E-state index in [1.165, 1.54) is 0 Å². The molecule has 2 aromatic carbocycles. The Hall–Kier alpha value is -3.28. The quantitative estimate of drug-likeness (QED) is 0.479. The number of aryl methyl sites for hydroxylation is 2. The number of benzene rings is 2. The molecule has 1 atom stereocenters. The summed E-state index contributed by atoms with van der Waals surface area (Å²) in [6, 6.07) is 8.79. The first-order valence-electron chi connectivity index (χ1n) is 11.0. The summed E-state index contributed by atoms with van der Waals surface area (Å²) < 4.78 is 17.0. The van der Waals surface area contributed by atoms with Crippen LogP contribution in [-0.2, 0) is 0 Å². The summed E-state index contributed by atoms with van der Waals surface area (Å²) in [7, 11) is 3.15. The molecule has 3 aromatic rings. The minimum absolute atomic E-state index is 0.144. The van der Waals surface area contributed by atoms with Crippen molar-refractivity contribution >= 4 is 16.9 Å².